The molecule has 4 aromatic rings. The number of hydrogen-bond donors (Lipinski definition) is 3. The lowest BCUT2D eigenvalue weighted by Crippen LogP contribution is -2.19. The third-order valence-corrected chi connectivity index (χ3v) is 6.09. The molecule has 172 valence electrons. The van der Waals surface area contributed by atoms with E-state index in [1.165, 1.54) is 11.8 Å². The predicted octanol–water partition coefficient (Wildman–Crippen LogP) is 5.60. The van der Waals surface area contributed by atoms with Crippen LogP contribution in [0.3, 0.4) is 0 Å². The normalized spacial score (nSPS) is 10.5. The molecule has 8 nitrogen and oxygen atoms in total. The highest BCUT2D eigenvalue weighted by atomic mass is 35.5. The van der Waals surface area contributed by atoms with Gasteiger partial charge < -0.3 is 16.0 Å². The van der Waals surface area contributed by atoms with E-state index >= 15 is 0 Å². The number of nitrogens with zero attached hydrogens (tertiary/aromatic N) is 3. The molecule has 0 saturated carbocycles. The second-order valence-corrected chi connectivity index (χ2v) is 8.63. The van der Waals surface area contributed by atoms with E-state index in [9.17, 15) is 9.59 Å². The molecule has 0 aliphatic heterocycles. The van der Waals surface area contributed by atoms with Crippen LogP contribution in [0.4, 0.5) is 21.9 Å². The van der Waals surface area contributed by atoms with Crippen molar-refractivity contribution in [1.82, 2.24) is 14.8 Å². The smallest absolute Gasteiger partial charge is 0.323 e. The van der Waals surface area contributed by atoms with E-state index in [1.54, 1.807) is 47.3 Å². The molecule has 3 amide bonds. The predicted molar refractivity (Wildman–Crippen MR) is 136 cm³/mol. The second-order valence-electron chi connectivity index (χ2n) is 7.28. The highest BCUT2D eigenvalue weighted by molar-refractivity contribution is 7.99. The Morgan fingerprint density at radius 1 is 0.912 bits per heavy atom. The quantitative estimate of drug-likeness (QED) is 0.291. The number of aromatic nitrogens is 3. The molecule has 0 spiro atoms. The highest BCUT2D eigenvalue weighted by Crippen LogP contribution is 2.24. The summed E-state index contributed by atoms with van der Waals surface area (Å²) < 4.78 is 1.78. The van der Waals surface area contributed by atoms with Gasteiger partial charge in [-0.15, -0.1) is 10.2 Å². The zero-order chi connectivity index (χ0) is 23.9. The molecule has 4 rings (SSSR count). The van der Waals surface area contributed by atoms with Crippen LogP contribution < -0.4 is 16.0 Å². The van der Waals surface area contributed by atoms with Gasteiger partial charge in [-0.2, -0.15) is 0 Å². The topological polar surface area (TPSA) is 101 Å². The lowest BCUT2D eigenvalue weighted by molar-refractivity contribution is -0.113. The van der Waals surface area contributed by atoms with E-state index in [-0.39, 0.29) is 17.7 Å². The summed E-state index contributed by atoms with van der Waals surface area (Å²) in [5, 5.41) is 17.6. The van der Waals surface area contributed by atoms with Crippen LogP contribution in [0.25, 0.3) is 5.69 Å². The number of hydrogen-bond acceptors (Lipinski definition) is 5. The van der Waals surface area contributed by atoms with Gasteiger partial charge >= 0.3 is 6.03 Å². The average Bonchev–Trinajstić information content (AvgIpc) is 3.30. The summed E-state index contributed by atoms with van der Waals surface area (Å²) in [6, 6.07) is 21.3. The number of amides is 3. The maximum atomic E-state index is 12.4. The number of carbonyl (C=O) groups excluding carboxylic acids is 2. The number of nitrogens with one attached hydrogen (secondary N) is 3. The Hall–Kier alpha value is -3.82. The van der Waals surface area contributed by atoms with Crippen molar-refractivity contribution >= 4 is 52.4 Å². The molecule has 3 N–H and O–H groups in total. The van der Waals surface area contributed by atoms with Crippen molar-refractivity contribution in [3.63, 3.8) is 0 Å². The molecular formula is C24H21ClN6O2S. The molecule has 0 aliphatic rings. The van der Waals surface area contributed by atoms with Crippen molar-refractivity contribution in [2.75, 3.05) is 21.7 Å². The van der Waals surface area contributed by atoms with Crippen LogP contribution in [0.2, 0.25) is 5.02 Å². The number of halogens is 1. The molecule has 1 heterocycles. The van der Waals surface area contributed by atoms with Gasteiger partial charge in [0.25, 0.3) is 0 Å². The number of aryl methyl sites for hydroxylation is 1. The Kier molecular flexibility index (Phi) is 7.46. The second kappa shape index (κ2) is 10.9. The summed E-state index contributed by atoms with van der Waals surface area (Å²) in [5.74, 6) is -0.0402. The van der Waals surface area contributed by atoms with Crippen molar-refractivity contribution in [2.45, 2.75) is 12.1 Å². The van der Waals surface area contributed by atoms with Crippen LogP contribution in [0.1, 0.15) is 5.56 Å². The molecule has 10 heteroatoms. The van der Waals surface area contributed by atoms with Crippen LogP contribution in [0, 0.1) is 6.92 Å². The van der Waals surface area contributed by atoms with Gasteiger partial charge in [-0.05, 0) is 61.0 Å². The molecule has 0 saturated heterocycles. The highest BCUT2D eigenvalue weighted by Gasteiger charge is 2.11. The molecule has 1 aromatic heterocycles. The molecule has 0 radical (unpaired) electrons. The fraction of sp³-hybridized carbons (Fsp3) is 0.0833. The largest absolute Gasteiger partial charge is 0.325 e. The maximum Gasteiger partial charge on any atom is 0.323 e. The molecule has 0 bridgehead atoms. The number of carbonyl (C=O) groups is 2. The van der Waals surface area contributed by atoms with Gasteiger partial charge in [0, 0.05) is 22.1 Å². The van der Waals surface area contributed by atoms with Crippen molar-refractivity contribution in [1.29, 1.82) is 0 Å². The molecular weight excluding hydrogens is 472 g/mol. The Balaban J connectivity index is 1.29. The van der Waals surface area contributed by atoms with E-state index in [2.05, 4.69) is 26.1 Å². The van der Waals surface area contributed by atoms with Gasteiger partial charge in [0.15, 0.2) is 5.16 Å². The van der Waals surface area contributed by atoms with Crippen LogP contribution in [-0.2, 0) is 4.79 Å². The average molecular weight is 493 g/mol. The maximum absolute atomic E-state index is 12.4. The molecule has 0 unspecified atom stereocenters. The Bertz CT molecular complexity index is 1290. The third kappa shape index (κ3) is 6.15. The SMILES string of the molecule is Cc1ccc(-n2cnnc2SCC(=O)Nc2ccc(NC(=O)Nc3ccccc3)cc2)cc1Cl. The Morgan fingerprint density at radius 3 is 2.24 bits per heavy atom. The molecule has 0 aliphatic carbocycles. The van der Waals surface area contributed by atoms with Gasteiger partial charge in [0.05, 0.1) is 11.4 Å². The standard InChI is InChI=1S/C24H21ClN6O2S/c1-16-7-12-20(13-21(16)25)31-15-26-30-24(31)34-14-22(32)27-18-8-10-19(11-9-18)29-23(33)28-17-5-3-2-4-6-17/h2-13,15H,14H2,1H3,(H,27,32)(H2,28,29,33). The number of para-hydroxylation sites is 1. The lowest BCUT2D eigenvalue weighted by Gasteiger charge is -2.10. The number of thioether (sulfide) groups is 1. The lowest BCUT2D eigenvalue weighted by atomic mass is 10.2. The van der Waals surface area contributed by atoms with Gasteiger partial charge in [0.1, 0.15) is 6.33 Å². The summed E-state index contributed by atoms with van der Waals surface area (Å²) in [5.41, 5.74) is 3.72. The molecule has 0 atom stereocenters. The van der Waals surface area contributed by atoms with Gasteiger partial charge in [-0.1, -0.05) is 47.6 Å². The van der Waals surface area contributed by atoms with Gasteiger partial charge in [-0.3, -0.25) is 9.36 Å². The summed E-state index contributed by atoms with van der Waals surface area (Å²) in [6.07, 6.45) is 1.58. The van der Waals surface area contributed by atoms with Crippen LogP contribution in [0.5, 0.6) is 0 Å². The Morgan fingerprint density at radius 2 is 1.56 bits per heavy atom. The summed E-state index contributed by atoms with van der Waals surface area (Å²) in [7, 11) is 0. The number of urea groups is 1. The molecule has 34 heavy (non-hydrogen) atoms. The van der Waals surface area contributed by atoms with E-state index in [0.29, 0.717) is 27.2 Å². The number of benzene rings is 3. The zero-order valence-electron chi connectivity index (χ0n) is 18.2. The zero-order valence-corrected chi connectivity index (χ0v) is 19.7. The monoisotopic (exact) mass is 492 g/mol. The van der Waals surface area contributed by atoms with Crippen molar-refractivity contribution in [2.24, 2.45) is 0 Å². The fourth-order valence-electron chi connectivity index (χ4n) is 3.01. The van der Waals surface area contributed by atoms with E-state index < -0.39 is 0 Å². The van der Waals surface area contributed by atoms with E-state index in [1.807, 2.05) is 43.3 Å². The van der Waals surface area contributed by atoms with Crippen molar-refractivity contribution < 1.29 is 9.59 Å². The van der Waals surface area contributed by atoms with Crippen molar-refractivity contribution in [3.05, 3.63) is 89.7 Å². The molecule has 3 aromatic carbocycles. The van der Waals surface area contributed by atoms with Gasteiger partial charge in [0.2, 0.25) is 5.91 Å². The summed E-state index contributed by atoms with van der Waals surface area (Å²) in [4.78, 5) is 24.5. The van der Waals surface area contributed by atoms with Crippen LogP contribution in [0.15, 0.2) is 84.3 Å². The first-order valence-electron chi connectivity index (χ1n) is 10.3. The Labute approximate surface area is 205 Å². The summed E-state index contributed by atoms with van der Waals surface area (Å²) in [6.45, 7) is 1.93. The molecule has 0 fully saturated rings. The van der Waals surface area contributed by atoms with E-state index in [0.717, 1.165) is 11.3 Å². The number of anilines is 3. The van der Waals surface area contributed by atoms with E-state index in [4.69, 9.17) is 11.6 Å². The summed E-state index contributed by atoms with van der Waals surface area (Å²) >= 11 is 7.49. The first-order valence-corrected chi connectivity index (χ1v) is 11.7. The fourth-order valence-corrected chi connectivity index (χ4v) is 3.91. The first-order chi connectivity index (χ1) is 16.5. The van der Waals surface area contributed by atoms with Gasteiger partial charge in [-0.25, -0.2) is 4.79 Å². The first kappa shape index (κ1) is 23.3. The minimum atomic E-state index is -0.349. The third-order valence-electron chi connectivity index (χ3n) is 4.74. The minimum absolute atomic E-state index is 0.151. The van der Waals surface area contributed by atoms with Crippen LogP contribution >= 0.6 is 23.4 Å². The minimum Gasteiger partial charge on any atom is -0.325 e. The van der Waals surface area contributed by atoms with Crippen molar-refractivity contribution in [3.8, 4) is 5.69 Å². The number of rotatable bonds is 7. The van der Waals surface area contributed by atoms with Crippen LogP contribution in [-0.4, -0.2) is 32.5 Å².